The molecule has 2 fully saturated rings. The van der Waals surface area contributed by atoms with Crippen molar-refractivity contribution in [2.75, 3.05) is 51.3 Å². The molecule has 0 bridgehead atoms. The van der Waals surface area contributed by atoms with Gasteiger partial charge in [0.25, 0.3) is 0 Å². The predicted octanol–water partition coefficient (Wildman–Crippen LogP) is 4.70. The van der Waals surface area contributed by atoms with Crippen LogP contribution in [-0.4, -0.2) is 78.9 Å². The lowest BCUT2D eigenvalue weighted by Crippen LogP contribution is -2.44. The number of hydrogen-bond acceptors (Lipinski definition) is 6. The van der Waals surface area contributed by atoms with Gasteiger partial charge >= 0.3 is 0 Å². The molecule has 2 aliphatic rings. The summed E-state index contributed by atoms with van der Waals surface area (Å²) in [6, 6.07) is 3.44. The number of hydroxylamine groups is 2. The highest BCUT2D eigenvalue weighted by Crippen LogP contribution is 2.24. The van der Waals surface area contributed by atoms with Gasteiger partial charge in [-0.3, -0.25) is 19.9 Å². The fourth-order valence-corrected chi connectivity index (χ4v) is 5.05. The van der Waals surface area contributed by atoms with Gasteiger partial charge in [0.15, 0.2) is 5.96 Å². The lowest BCUT2D eigenvalue weighted by molar-refractivity contribution is -0.205. The Balaban J connectivity index is 1.29. The number of amides is 1. The third kappa shape index (κ3) is 10.8. The van der Waals surface area contributed by atoms with Gasteiger partial charge in [-0.2, -0.15) is 0 Å². The molecule has 0 atom stereocenters. The first-order valence-corrected chi connectivity index (χ1v) is 13.9. The van der Waals surface area contributed by atoms with Gasteiger partial charge in [-0.15, -0.1) is 0 Å². The molecule has 9 nitrogen and oxygen atoms in total. The molecule has 1 aromatic rings. The number of anilines is 1. The second-order valence-corrected chi connectivity index (χ2v) is 10.2. The summed E-state index contributed by atoms with van der Waals surface area (Å²) in [6.45, 7) is 5.45. The third-order valence-corrected chi connectivity index (χ3v) is 6.93. The number of halogens is 2. The van der Waals surface area contributed by atoms with E-state index in [4.69, 9.17) is 38.2 Å². The molecule has 36 heavy (non-hydrogen) atoms. The number of nitrogens with zero attached hydrogens (tertiary/aromatic N) is 3. The molecule has 3 N–H and O–H groups in total. The molecule has 3 rings (SSSR count). The highest BCUT2D eigenvalue weighted by Gasteiger charge is 2.26. The Morgan fingerprint density at radius 2 is 1.81 bits per heavy atom. The fourth-order valence-electron chi connectivity index (χ4n) is 4.59. The fraction of sp³-hybridized carbons (Fsp3) is 0.720. The van der Waals surface area contributed by atoms with Crippen molar-refractivity contribution in [2.24, 2.45) is 0 Å². The maximum Gasteiger partial charge on any atom is 0.246 e. The van der Waals surface area contributed by atoms with Crippen molar-refractivity contribution in [1.29, 1.82) is 5.41 Å². The molecule has 11 heteroatoms. The highest BCUT2D eigenvalue weighted by atomic mass is 35.5. The van der Waals surface area contributed by atoms with E-state index in [9.17, 15) is 4.79 Å². The molecule has 1 amide bonds. The largest absolute Gasteiger partial charge is 0.379 e. The zero-order valence-electron chi connectivity index (χ0n) is 21.1. The van der Waals surface area contributed by atoms with Gasteiger partial charge in [0, 0.05) is 38.3 Å². The van der Waals surface area contributed by atoms with Crippen molar-refractivity contribution in [2.45, 2.75) is 70.3 Å². The molecule has 1 aromatic heterocycles. The average molecular weight is 544 g/mol. The Morgan fingerprint density at radius 3 is 2.53 bits per heavy atom. The number of rotatable bonds is 13. The molecule has 1 aliphatic heterocycles. The Morgan fingerprint density at radius 1 is 1.11 bits per heavy atom. The van der Waals surface area contributed by atoms with Gasteiger partial charge in [-0.1, -0.05) is 55.3 Å². The van der Waals surface area contributed by atoms with Crippen molar-refractivity contribution in [3.8, 4) is 0 Å². The lowest BCUT2D eigenvalue weighted by atomic mass is 9.95. The van der Waals surface area contributed by atoms with E-state index in [-0.39, 0.29) is 28.2 Å². The van der Waals surface area contributed by atoms with Crippen molar-refractivity contribution < 1.29 is 14.4 Å². The van der Waals surface area contributed by atoms with Crippen LogP contribution in [0.4, 0.5) is 5.69 Å². The zero-order valence-corrected chi connectivity index (χ0v) is 22.6. The topological polar surface area (TPSA) is 103 Å². The van der Waals surface area contributed by atoms with Gasteiger partial charge in [0.05, 0.1) is 25.9 Å². The number of unbranched alkanes of at least 4 members (excludes halogenated alkanes) is 3. The first kappa shape index (κ1) is 28.9. The van der Waals surface area contributed by atoms with E-state index in [2.05, 4.69) is 20.5 Å². The normalized spacial score (nSPS) is 17.1. The van der Waals surface area contributed by atoms with Crippen LogP contribution in [0.1, 0.15) is 64.2 Å². The standard InChI is InChI=1S/C25H40Cl2N6O3/c26-22-18-20(19-23(27)31-22)30-25(28)29-11-7-2-1-6-10-24(34)33(21-8-4-3-5-9-21)36-17-14-32-12-15-35-16-13-32/h18-19,21H,1-17H2,(H3,28,29,30,31). The minimum Gasteiger partial charge on any atom is -0.379 e. The maximum atomic E-state index is 13.0. The summed E-state index contributed by atoms with van der Waals surface area (Å²) in [5, 5.41) is 16.2. The van der Waals surface area contributed by atoms with E-state index in [1.54, 1.807) is 17.2 Å². The number of ether oxygens (including phenoxy) is 1. The van der Waals surface area contributed by atoms with Gasteiger partial charge < -0.3 is 15.4 Å². The summed E-state index contributed by atoms with van der Waals surface area (Å²) in [6.07, 6.45) is 9.88. The number of carbonyl (C=O) groups is 1. The number of nitrogens with one attached hydrogen (secondary N) is 3. The molecule has 0 spiro atoms. The number of morpholine rings is 1. The zero-order chi connectivity index (χ0) is 25.6. The molecule has 1 aliphatic carbocycles. The number of aromatic nitrogens is 1. The van der Waals surface area contributed by atoms with Crippen LogP contribution in [0.25, 0.3) is 0 Å². The quantitative estimate of drug-likeness (QED) is 0.109. The van der Waals surface area contributed by atoms with Crippen LogP contribution < -0.4 is 10.6 Å². The van der Waals surface area contributed by atoms with Crippen LogP contribution in [-0.2, 0) is 14.4 Å². The molecule has 2 heterocycles. The summed E-state index contributed by atoms with van der Waals surface area (Å²) in [4.78, 5) is 25.3. The number of hydrogen-bond donors (Lipinski definition) is 3. The molecular formula is C25H40Cl2N6O3. The molecule has 0 radical (unpaired) electrons. The molecular weight excluding hydrogens is 503 g/mol. The molecule has 1 saturated carbocycles. The Hall–Kier alpha value is -1.65. The summed E-state index contributed by atoms with van der Waals surface area (Å²) in [7, 11) is 0. The van der Waals surface area contributed by atoms with Crippen LogP contribution in [0.15, 0.2) is 12.1 Å². The van der Waals surface area contributed by atoms with Gasteiger partial charge in [-0.05, 0) is 37.8 Å². The Bertz CT molecular complexity index is 799. The second kappa shape index (κ2) is 16.2. The maximum absolute atomic E-state index is 13.0. The highest BCUT2D eigenvalue weighted by molar-refractivity contribution is 6.33. The van der Waals surface area contributed by atoms with E-state index in [1.165, 1.54) is 19.3 Å². The van der Waals surface area contributed by atoms with Crippen molar-refractivity contribution in [3.63, 3.8) is 0 Å². The monoisotopic (exact) mass is 542 g/mol. The minimum absolute atomic E-state index is 0.114. The van der Waals surface area contributed by atoms with Gasteiger partial charge in [0.2, 0.25) is 5.91 Å². The van der Waals surface area contributed by atoms with E-state index in [0.29, 0.717) is 25.3 Å². The van der Waals surface area contributed by atoms with E-state index < -0.39 is 0 Å². The molecule has 202 valence electrons. The number of pyridine rings is 1. The van der Waals surface area contributed by atoms with E-state index in [0.717, 1.165) is 71.4 Å². The third-order valence-electron chi connectivity index (χ3n) is 6.55. The summed E-state index contributed by atoms with van der Waals surface area (Å²) in [5.41, 5.74) is 0.616. The van der Waals surface area contributed by atoms with Crippen molar-refractivity contribution in [3.05, 3.63) is 22.4 Å². The average Bonchev–Trinajstić information content (AvgIpc) is 2.86. The molecule has 0 aromatic carbocycles. The minimum atomic E-state index is 0.114. The van der Waals surface area contributed by atoms with Gasteiger partial charge in [0.1, 0.15) is 10.3 Å². The van der Waals surface area contributed by atoms with Crippen molar-refractivity contribution in [1.82, 2.24) is 20.3 Å². The second-order valence-electron chi connectivity index (χ2n) is 9.39. The first-order valence-electron chi connectivity index (χ1n) is 13.2. The Labute approximate surface area is 224 Å². The van der Waals surface area contributed by atoms with Crippen LogP contribution in [0, 0.1) is 5.41 Å². The smallest absolute Gasteiger partial charge is 0.246 e. The summed E-state index contributed by atoms with van der Waals surface area (Å²) >= 11 is 11.8. The molecule has 1 saturated heterocycles. The van der Waals surface area contributed by atoms with Crippen LogP contribution in [0.2, 0.25) is 10.3 Å². The predicted molar refractivity (Wildman–Crippen MR) is 144 cm³/mol. The van der Waals surface area contributed by atoms with Crippen LogP contribution in [0.5, 0.6) is 0 Å². The van der Waals surface area contributed by atoms with E-state index in [1.807, 2.05) is 0 Å². The van der Waals surface area contributed by atoms with Crippen LogP contribution in [0.3, 0.4) is 0 Å². The lowest BCUT2D eigenvalue weighted by Gasteiger charge is -2.34. The summed E-state index contributed by atoms with van der Waals surface area (Å²) < 4.78 is 5.41. The SMILES string of the molecule is N=C(NCCCCCCC(=O)N(OCCN1CCOCC1)C1CCCCC1)Nc1cc(Cl)nc(Cl)c1. The first-order chi connectivity index (χ1) is 17.5. The van der Waals surface area contributed by atoms with Crippen LogP contribution >= 0.6 is 23.2 Å². The van der Waals surface area contributed by atoms with E-state index >= 15 is 0 Å². The molecule has 0 unspecified atom stereocenters. The van der Waals surface area contributed by atoms with Crippen molar-refractivity contribution >= 4 is 40.8 Å². The summed E-state index contributed by atoms with van der Waals surface area (Å²) in [5.74, 6) is 0.295. The number of carbonyl (C=O) groups excluding carboxylic acids is 1. The number of guanidine groups is 1. The van der Waals surface area contributed by atoms with Gasteiger partial charge in [-0.25, -0.2) is 10.0 Å². The Kier molecular flexibility index (Phi) is 13.0.